The first-order chi connectivity index (χ1) is 9.24. The molecular weight excluding hydrogens is 266 g/mol. The number of fused-ring (bicyclic) bond motifs is 1. The first-order valence-electron chi connectivity index (χ1n) is 5.69. The zero-order valence-electron chi connectivity index (χ0n) is 9.85. The second-order valence-corrected chi connectivity index (χ2v) is 4.42. The highest BCUT2D eigenvalue weighted by Gasteiger charge is 2.20. The summed E-state index contributed by atoms with van der Waals surface area (Å²) in [7, 11) is 0. The van der Waals surface area contributed by atoms with E-state index in [1.54, 1.807) is 12.1 Å². The van der Waals surface area contributed by atoms with Crippen molar-refractivity contribution in [2.75, 3.05) is 12.1 Å². The average Bonchev–Trinajstić information content (AvgIpc) is 2.88. The zero-order valence-corrected chi connectivity index (χ0v) is 10.6. The fourth-order valence-electron chi connectivity index (χ4n) is 1.82. The molecule has 0 unspecified atom stereocenters. The van der Waals surface area contributed by atoms with E-state index in [-0.39, 0.29) is 12.7 Å². The normalized spacial score (nSPS) is 12.3. The predicted molar refractivity (Wildman–Crippen MR) is 72.0 cm³/mol. The summed E-state index contributed by atoms with van der Waals surface area (Å²) in [4.78, 5) is 12.1. The van der Waals surface area contributed by atoms with Crippen molar-refractivity contribution in [3.63, 3.8) is 0 Å². The van der Waals surface area contributed by atoms with Crippen molar-refractivity contribution in [2.24, 2.45) is 0 Å². The molecule has 96 valence electrons. The van der Waals surface area contributed by atoms with Gasteiger partial charge < -0.3 is 14.8 Å². The van der Waals surface area contributed by atoms with Crippen molar-refractivity contribution in [3.8, 4) is 11.5 Å². The fraction of sp³-hybridized carbons (Fsp3) is 0.0714. The number of amides is 1. The number of anilines is 1. The van der Waals surface area contributed by atoms with E-state index in [9.17, 15) is 4.79 Å². The van der Waals surface area contributed by atoms with Gasteiger partial charge in [-0.3, -0.25) is 4.79 Å². The van der Waals surface area contributed by atoms with Crippen LogP contribution in [0.3, 0.4) is 0 Å². The summed E-state index contributed by atoms with van der Waals surface area (Å²) in [6.45, 7) is 0.124. The summed E-state index contributed by atoms with van der Waals surface area (Å²) in [5, 5.41) is 3.15. The van der Waals surface area contributed by atoms with Crippen LogP contribution in [-0.2, 0) is 0 Å². The molecule has 2 aromatic carbocycles. The maximum absolute atomic E-state index is 12.1. The third-order valence-corrected chi connectivity index (χ3v) is 3.00. The predicted octanol–water partition coefficient (Wildman–Crippen LogP) is 3.32. The third-order valence-electron chi connectivity index (χ3n) is 2.72. The Labute approximate surface area is 114 Å². The van der Waals surface area contributed by atoms with E-state index in [4.69, 9.17) is 21.1 Å². The molecule has 0 radical (unpaired) electrons. The summed E-state index contributed by atoms with van der Waals surface area (Å²) in [6, 6.07) is 12.4. The third kappa shape index (κ3) is 2.35. The van der Waals surface area contributed by atoms with Gasteiger partial charge in [-0.25, -0.2) is 0 Å². The van der Waals surface area contributed by atoms with Gasteiger partial charge in [0, 0.05) is 11.3 Å². The lowest BCUT2D eigenvalue weighted by molar-refractivity contribution is 0.102. The Balaban J connectivity index is 1.87. The van der Waals surface area contributed by atoms with Crippen LogP contribution in [0.1, 0.15) is 10.4 Å². The van der Waals surface area contributed by atoms with E-state index in [1.807, 2.05) is 30.3 Å². The van der Waals surface area contributed by atoms with Gasteiger partial charge in [-0.2, -0.15) is 0 Å². The van der Waals surface area contributed by atoms with Crippen LogP contribution in [0.5, 0.6) is 11.5 Å². The molecule has 1 amide bonds. The lowest BCUT2D eigenvalue weighted by Crippen LogP contribution is -2.11. The lowest BCUT2D eigenvalue weighted by atomic mass is 10.2. The van der Waals surface area contributed by atoms with Gasteiger partial charge in [0.05, 0.1) is 5.02 Å². The van der Waals surface area contributed by atoms with Gasteiger partial charge in [0.15, 0.2) is 11.5 Å². The van der Waals surface area contributed by atoms with Crippen molar-refractivity contribution in [3.05, 3.63) is 53.1 Å². The van der Waals surface area contributed by atoms with E-state index in [0.29, 0.717) is 22.1 Å². The molecule has 1 aliphatic heterocycles. The molecule has 0 aromatic heterocycles. The number of carbonyl (C=O) groups excluding carboxylic acids is 1. The van der Waals surface area contributed by atoms with Crippen molar-refractivity contribution in [1.82, 2.24) is 0 Å². The first-order valence-corrected chi connectivity index (χ1v) is 6.07. The van der Waals surface area contributed by atoms with Crippen molar-refractivity contribution in [2.45, 2.75) is 0 Å². The first kappa shape index (κ1) is 11.9. The average molecular weight is 276 g/mol. The smallest absolute Gasteiger partial charge is 0.255 e. The maximum Gasteiger partial charge on any atom is 0.255 e. The molecule has 3 rings (SSSR count). The standard InChI is InChI=1S/C14H10ClNO3/c15-11-6-9(7-12-13(11)19-8-18-12)14(17)16-10-4-2-1-3-5-10/h1-7H,8H2,(H,16,17). The van der Waals surface area contributed by atoms with Gasteiger partial charge in [0.2, 0.25) is 6.79 Å². The molecular formula is C14H10ClNO3. The highest BCUT2D eigenvalue weighted by Crippen LogP contribution is 2.39. The highest BCUT2D eigenvalue weighted by molar-refractivity contribution is 6.32. The lowest BCUT2D eigenvalue weighted by Gasteiger charge is -2.06. The van der Waals surface area contributed by atoms with Crippen LogP contribution in [-0.4, -0.2) is 12.7 Å². The minimum Gasteiger partial charge on any atom is -0.454 e. The highest BCUT2D eigenvalue weighted by atomic mass is 35.5. The second kappa shape index (κ2) is 4.82. The van der Waals surface area contributed by atoms with Crippen LogP contribution in [0.15, 0.2) is 42.5 Å². The number of hydrogen-bond acceptors (Lipinski definition) is 3. The summed E-state index contributed by atoms with van der Waals surface area (Å²) >= 11 is 6.04. The van der Waals surface area contributed by atoms with E-state index in [2.05, 4.69) is 5.32 Å². The van der Waals surface area contributed by atoms with Gasteiger partial charge in [0.25, 0.3) is 5.91 Å². The molecule has 5 heteroatoms. The Morgan fingerprint density at radius 2 is 1.95 bits per heavy atom. The number of benzene rings is 2. The molecule has 0 saturated carbocycles. The van der Waals surface area contributed by atoms with E-state index in [0.717, 1.165) is 5.69 Å². The van der Waals surface area contributed by atoms with Crippen molar-refractivity contribution in [1.29, 1.82) is 0 Å². The maximum atomic E-state index is 12.1. The Hall–Kier alpha value is -2.20. The molecule has 1 N–H and O–H groups in total. The summed E-state index contributed by atoms with van der Waals surface area (Å²) in [5.74, 6) is 0.732. The van der Waals surface area contributed by atoms with Gasteiger partial charge in [0.1, 0.15) is 0 Å². The van der Waals surface area contributed by atoms with Crippen LogP contribution in [0.4, 0.5) is 5.69 Å². The number of nitrogens with one attached hydrogen (secondary N) is 1. The van der Waals surface area contributed by atoms with Crippen LogP contribution in [0, 0.1) is 0 Å². The number of hydrogen-bond donors (Lipinski definition) is 1. The van der Waals surface area contributed by atoms with E-state index < -0.39 is 0 Å². The van der Waals surface area contributed by atoms with Gasteiger partial charge in [-0.15, -0.1) is 0 Å². The molecule has 1 heterocycles. The number of carbonyl (C=O) groups is 1. The molecule has 2 aromatic rings. The van der Waals surface area contributed by atoms with Crippen LogP contribution >= 0.6 is 11.6 Å². The second-order valence-electron chi connectivity index (χ2n) is 4.01. The van der Waals surface area contributed by atoms with E-state index >= 15 is 0 Å². The monoisotopic (exact) mass is 275 g/mol. The molecule has 0 atom stereocenters. The Bertz CT molecular complexity index is 628. The molecule has 0 bridgehead atoms. The number of halogens is 1. The van der Waals surface area contributed by atoms with Crippen LogP contribution < -0.4 is 14.8 Å². The van der Waals surface area contributed by atoms with Crippen LogP contribution in [0.2, 0.25) is 5.02 Å². The van der Waals surface area contributed by atoms with Crippen molar-refractivity contribution < 1.29 is 14.3 Å². The number of para-hydroxylation sites is 1. The van der Waals surface area contributed by atoms with Gasteiger partial charge in [-0.1, -0.05) is 29.8 Å². The fourth-order valence-corrected chi connectivity index (χ4v) is 2.09. The Morgan fingerprint density at radius 1 is 1.16 bits per heavy atom. The summed E-state index contributed by atoms with van der Waals surface area (Å²) in [5.41, 5.74) is 1.15. The minimum absolute atomic E-state index is 0.124. The van der Waals surface area contributed by atoms with Crippen molar-refractivity contribution >= 4 is 23.2 Å². The molecule has 0 aliphatic carbocycles. The topological polar surface area (TPSA) is 47.6 Å². The summed E-state index contributed by atoms with van der Waals surface area (Å²) < 4.78 is 10.4. The Kier molecular flexibility index (Phi) is 3.01. The minimum atomic E-state index is -0.244. The molecule has 0 spiro atoms. The molecule has 1 aliphatic rings. The molecule has 19 heavy (non-hydrogen) atoms. The van der Waals surface area contributed by atoms with Gasteiger partial charge >= 0.3 is 0 Å². The molecule has 0 fully saturated rings. The molecule has 4 nitrogen and oxygen atoms in total. The quantitative estimate of drug-likeness (QED) is 0.914. The SMILES string of the molecule is O=C(Nc1ccccc1)c1cc(Cl)c2c(c1)OCO2. The largest absolute Gasteiger partial charge is 0.454 e. The van der Waals surface area contributed by atoms with E-state index in [1.165, 1.54) is 0 Å². The Morgan fingerprint density at radius 3 is 2.74 bits per heavy atom. The van der Waals surface area contributed by atoms with Gasteiger partial charge in [-0.05, 0) is 24.3 Å². The zero-order chi connectivity index (χ0) is 13.2. The van der Waals surface area contributed by atoms with Crippen LogP contribution in [0.25, 0.3) is 0 Å². The number of ether oxygens (including phenoxy) is 2. The number of rotatable bonds is 2. The summed E-state index contributed by atoms with van der Waals surface area (Å²) in [6.07, 6.45) is 0. The molecule has 0 saturated heterocycles.